The Bertz CT molecular complexity index is 868. The standard InChI is InChI=1S/C21H24N2O5S/c1-4-26-16-10-8-15(9-11-16)22-21(29)23-18-13-14(19(24)27-5-2)7-12-17(18)20(25)28-6-3/h7-13H,4-6H2,1-3H3,(H2,22,23,29). The Morgan fingerprint density at radius 2 is 1.52 bits per heavy atom. The zero-order chi connectivity index (χ0) is 21.2. The molecule has 2 aromatic rings. The van der Waals surface area contributed by atoms with Crippen molar-refractivity contribution in [2.75, 3.05) is 30.5 Å². The Morgan fingerprint density at radius 1 is 0.862 bits per heavy atom. The number of hydrogen-bond acceptors (Lipinski definition) is 6. The van der Waals surface area contributed by atoms with Crippen LogP contribution in [0, 0.1) is 0 Å². The maximum absolute atomic E-state index is 12.3. The summed E-state index contributed by atoms with van der Waals surface area (Å²) in [6, 6.07) is 11.8. The van der Waals surface area contributed by atoms with Crippen LogP contribution in [0.3, 0.4) is 0 Å². The highest BCUT2D eigenvalue weighted by Crippen LogP contribution is 2.21. The number of esters is 2. The molecular formula is C21H24N2O5S. The van der Waals surface area contributed by atoms with Gasteiger partial charge in [-0.2, -0.15) is 0 Å². The number of carbonyl (C=O) groups excluding carboxylic acids is 2. The zero-order valence-corrected chi connectivity index (χ0v) is 17.4. The maximum atomic E-state index is 12.3. The molecule has 0 atom stereocenters. The molecule has 0 aliphatic carbocycles. The van der Waals surface area contributed by atoms with Gasteiger partial charge in [-0.05, 0) is 75.5 Å². The average molecular weight is 416 g/mol. The molecule has 0 aliphatic heterocycles. The number of benzene rings is 2. The summed E-state index contributed by atoms with van der Waals surface area (Å²) in [7, 11) is 0. The van der Waals surface area contributed by atoms with Crippen LogP contribution in [-0.2, 0) is 9.47 Å². The smallest absolute Gasteiger partial charge is 0.340 e. The van der Waals surface area contributed by atoms with Crippen molar-refractivity contribution in [3.63, 3.8) is 0 Å². The van der Waals surface area contributed by atoms with Crippen molar-refractivity contribution in [3.8, 4) is 5.75 Å². The van der Waals surface area contributed by atoms with Crippen molar-refractivity contribution < 1.29 is 23.8 Å². The third kappa shape index (κ3) is 6.46. The van der Waals surface area contributed by atoms with Gasteiger partial charge in [0.2, 0.25) is 0 Å². The molecule has 0 heterocycles. The molecule has 0 amide bonds. The second-order valence-corrected chi connectivity index (χ2v) is 6.15. The molecule has 0 unspecified atom stereocenters. The monoisotopic (exact) mass is 416 g/mol. The molecule has 0 aromatic heterocycles. The molecule has 0 fully saturated rings. The van der Waals surface area contributed by atoms with Crippen molar-refractivity contribution in [3.05, 3.63) is 53.6 Å². The molecule has 0 spiro atoms. The highest BCUT2D eigenvalue weighted by molar-refractivity contribution is 7.80. The van der Waals surface area contributed by atoms with Gasteiger partial charge in [0.1, 0.15) is 5.75 Å². The van der Waals surface area contributed by atoms with Crippen LogP contribution in [0.5, 0.6) is 5.75 Å². The van der Waals surface area contributed by atoms with Crippen LogP contribution in [0.1, 0.15) is 41.5 Å². The lowest BCUT2D eigenvalue weighted by Crippen LogP contribution is -2.21. The van der Waals surface area contributed by atoms with E-state index >= 15 is 0 Å². The van der Waals surface area contributed by atoms with Gasteiger partial charge in [-0.3, -0.25) is 0 Å². The Kier molecular flexibility index (Phi) is 8.42. The molecule has 154 valence electrons. The van der Waals surface area contributed by atoms with Crippen LogP contribution in [0.15, 0.2) is 42.5 Å². The second-order valence-electron chi connectivity index (χ2n) is 5.74. The van der Waals surface area contributed by atoms with Gasteiger partial charge < -0.3 is 24.8 Å². The Hall–Kier alpha value is -3.13. The number of thiocarbonyl (C=S) groups is 1. The van der Waals surface area contributed by atoms with E-state index in [1.165, 1.54) is 18.2 Å². The van der Waals surface area contributed by atoms with E-state index in [9.17, 15) is 9.59 Å². The third-order valence-electron chi connectivity index (χ3n) is 3.70. The van der Waals surface area contributed by atoms with Gasteiger partial charge in [0, 0.05) is 5.69 Å². The molecular weight excluding hydrogens is 392 g/mol. The lowest BCUT2D eigenvalue weighted by Gasteiger charge is -2.15. The topological polar surface area (TPSA) is 85.9 Å². The number of hydrogen-bond donors (Lipinski definition) is 2. The van der Waals surface area contributed by atoms with Crippen molar-refractivity contribution in [1.82, 2.24) is 0 Å². The van der Waals surface area contributed by atoms with Crippen LogP contribution in [0.25, 0.3) is 0 Å². The number of ether oxygens (including phenoxy) is 3. The summed E-state index contributed by atoms with van der Waals surface area (Å²) in [5, 5.41) is 6.23. The average Bonchev–Trinajstić information content (AvgIpc) is 2.70. The zero-order valence-electron chi connectivity index (χ0n) is 16.6. The third-order valence-corrected chi connectivity index (χ3v) is 3.90. The highest BCUT2D eigenvalue weighted by Gasteiger charge is 2.17. The summed E-state index contributed by atoms with van der Waals surface area (Å²) < 4.78 is 15.5. The van der Waals surface area contributed by atoms with E-state index in [0.717, 1.165) is 11.4 Å². The van der Waals surface area contributed by atoms with Crippen LogP contribution < -0.4 is 15.4 Å². The first-order valence-electron chi connectivity index (χ1n) is 9.27. The predicted molar refractivity (Wildman–Crippen MR) is 116 cm³/mol. The molecule has 8 heteroatoms. The minimum atomic E-state index is -0.519. The Labute approximate surface area is 175 Å². The minimum Gasteiger partial charge on any atom is -0.494 e. The van der Waals surface area contributed by atoms with Gasteiger partial charge >= 0.3 is 11.9 Å². The van der Waals surface area contributed by atoms with Gasteiger partial charge in [-0.1, -0.05) is 0 Å². The number of anilines is 2. The highest BCUT2D eigenvalue weighted by atomic mass is 32.1. The van der Waals surface area contributed by atoms with Crippen molar-refractivity contribution in [2.45, 2.75) is 20.8 Å². The minimum absolute atomic E-state index is 0.229. The largest absolute Gasteiger partial charge is 0.494 e. The maximum Gasteiger partial charge on any atom is 0.340 e. The van der Waals surface area contributed by atoms with Crippen molar-refractivity contribution in [1.29, 1.82) is 0 Å². The molecule has 7 nitrogen and oxygen atoms in total. The Morgan fingerprint density at radius 3 is 2.14 bits per heavy atom. The van der Waals surface area contributed by atoms with Crippen molar-refractivity contribution in [2.24, 2.45) is 0 Å². The first-order chi connectivity index (χ1) is 14.0. The summed E-state index contributed by atoms with van der Waals surface area (Å²) in [4.78, 5) is 24.3. The molecule has 0 saturated carbocycles. The van der Waals surface area contributed by atoms with Crippen molar-refractivity contribution >= 4 is 40.6 Å². The SMILES string of the molecule is CCOC(=O)c1ccc(C(=O)OCC)c(NC(=S)Nc2ccc(OCC)cc2)c1. The van der Waals surface area contributed by atoms with E-state index in [2.05, 4.69) is 10.6 Å². The molecule has 0 saturated heterocycles. The van der Waals surface area contributed by atoms with Crippen LogP contribution >= 0.6 is 12.2 Å². The summed E-state index contributed by atoms with van der Waals surface area (Å²) >= 11 is 5.35. The predicted octanol–water partition coefficient (Wildman–Crippen LogP) is 4.25. The van der Waals surface area contributed by atoms with E-state index < -0.39 is 11.9 Å². The molecule has 29 heavy (non-hydrogen) atoms. The van der Waals surface area contributed by atoms with Gasteiger partial charge in [-0.25, -0.2) is 9.59 Å². The van der Waals surface area contributed by atoms with Gasteiger partial charge in [0.15, 0.2) is 5.11 Å². The summed E-state index contributed by atoms with van der Waals surface area (Å²) in [5.41, 5.74) is 1.64. The number of rotatable bonds is 8. The molecule has 0 aliphatic rings. The van der Waals surface area contributed by atoms with Crippen LogP contribution in [0.2, 0.25) is 0 Å². The molecule has 0 bridgehead atoms. The fourth-order valence-corrected chi connectivity index (χ4v) is 2.69. The fraction of sp³-hybridized carbons (Fsp3) is 0.286. The van der Waals surface area contributed by atoms with E-state index in [4.69, 9.17) is 26.4 Å². The van der Waals surface area contributed by atoms with E-state index in [1.807, 2.05) is 31.2 Å². The van der Waals surface area contributed by atoms with Crippen LogP contribution in [0.4, 0.5) is 11.4 Å². The summed E-state index contributed by atoms with van der Waals surface area (Å²) in [5.74, 6) is -0.255. The van der Waals surface area contributed by atoms with E-state index in [0.29, 0.717) is 17.9 Å². The molecule has 2 rings (SSSR count). The summed E-state index contributed by atoms with van der Waals surface area (Å²) in [6.07, 6.45) is 0. The Balaban J connectivity index is 2.20. The first kappa shape index (κ1) is 22.2. The first-order valence-corrected chi connectivity index (χ1v) is 9.68. The van der Waals surface area contributed by atoms with E-state index in [-0.39, 0.29) is 23.9 Å². The fourth-order valence-electron chi connectivity index (χ4n) is 2.46. The van der Waals surface area contributed by atoms with Gasteiger partial charge in [0.05, 0.1) is 36.6 Å². The second kappa shape index (κ2) is 11.0. The van der Waals surface area contributed by atoms with E-state index in [1.54, 1.807) is 13.8 Å². The lowest BCUT2D eigenvalue weighted by atomic mass is 10.1. The molecule has 2 N–H and O–H groups in total. The summed E-state index contributed by atoms with van der Waals surface area (Å²) in [6.45, 7) is 6.42. The normalized spacial score (nSPS) is 10.0. The molecule has 0 radical (unpaired) electrons. The van der Waals surface area contributed by atoms with Gasteiger partial charge in [0.25, 0.3) is 0 Å². The lowest BCUT2D eigenvalue weighted by molar-refractivity contribution is 0.0512. The van der Waals surface area contributed by atoms with Gasteiger partial charge in [-0.15, -0.1) is 0 Å². The quantitative estimate of drug-likeness (QED) is 0.488. The van der Waals surface area contributed by atoms with Crippen LogP contribution in [-0.4, -0.2) is 36.9 Å². The molecule has 2 aromatic carbocycles. The number of nitrogens with one attached hydrogen (secondary N) is 2. The number of carbonyl (C=O) groups is 2.